The summed E-state index contributed by atoms with van der Waals surface area (Å²) in [5, 5.41) is -1.21. The Morgan fingerprint density at radius 1 is 1.16 bits per heavy atom. The Kier molecular flexibility index (Phi) is 7.70. The lowest BCUT2D eigenvalue weighted by Gasteiger charge is -2.55. The summed E-state index contributed by atoms with van der Waals surface area (Å²) in [6, 6.07) is 0.624. The number of hydrogen-bond donors (Lipinski definition) is 0. The minimum atomic E-state index is -3.06. The number of hydrogen-bond acceptors (Lipinski definition) is 7. The molecule has 2 atom stereocenters. The van der Waals surface area contributed by atoms with E-state index in [-0.39, 0.29) is 6.42 Å². The molecule has 0 amide bonds. The average Bonchev–Trinajstić information content (AvgIpc) is 2.65. The molecule has 142 valence electrons. The first-order valence-electron chi connectivity index (χ1n) is 8.23. The van der Waals surface area contributed by atoms with Crippen LogP contribution in [0.3, 0.4) is 0 Å². The lowest BCUT2D eigenvalue weighted by molar-refractivity contribution is -0.351. The van der Waals surface area contributed by atoms with E-state index in [1.807, 2.05) is 6.92 Å². The van der Waals surface area contributed by atoms with Crippen molar-refractivity contribution in [3.8, 4) is 0 Å². The van der Waals surface area contributed by atoms with Crippen molar-refractivity contribution in [3.63, 3.8) is 0 Å². The van der Waals surface area contributed by atoms with Gasteiger partial charge in [0.25, 0.3) is 0 Å². The maximum absolute atomic E-state index is 12.9. The van der Waals surface area contributed by atoms with Crippen molar-refractivity contribution in [1.29, 1.82) is 0 Å². The van der Waals surface area contributed by atoms with Crippen LogP contribution in [0.25, 0.3) is 0 Å². The summed E-state index contributed by atoms with van der Waals surface area (Å²) in [5.41, 5.74) is -1.59. The van der Waals surface area contributed by atoms with Crippen molar-refractivity contribution >= 4 is 20.3 Å². The molecule has 25 heavy (non-hydrogen) atoms. The second-order valence-corrected chi connectivity index (χ2v) is 9.51. The fourth-order valence-electron chi connectivity index (χ4n) is 3.85. The van der Waals surface area contributed by atoms with Crippen LogP contribution in [0.1, 0.15) is 32.6 Å². The van der Waals surface area contributed by atoms with Gasteiger partial charge in [0, 0.05) is 27.4 Å². The summed E-state index contributed by atoms with van der Waals surface area (Å²) >= 11 is 0. The van der Waals surface area contributed by atoms with Crippen LogP contribution in [0.2, 0.25) is 6.04 Å². The molecule has 0 aliphatic carbocycles. The summed E-state index contributed by atoms with van der Waals surface area (Å²) in [5.74, 6) is -1.24. The topological polar surface area (TPSA) is 80.3 Å². The Labute approximate surface area is 150 Å². The van der Waals surface area contributed by atoms with E-state index in [4.69, 9.17) is 23.4 Å². The van der Waals surface area contributed by atoms with Crippen LogP contribution in [0.5, 0.6) is 0 Å². The van der Waals surface area contributed by atoms with E-state index in [1.165, 1.54) is 7.11 Å². The van der Waals surface area contributed by atoms with Crippen molar-refractivity contribution in [2.75, 3.05) is 21.3 Å². The van der Waals surface area contributed by atoms with Gasteiger partial charge in [-0.1, -0.05) is 26.5 Å². The minimum absolute atomic E-state index is 0.289. The van der Waals surface area contributed by atoms with Crippen LogP contribution in [0, 0.1) is 0 Å². The zero-order chi connectivity index (χ0) is 19.1. The smallest absolute Gasteiger partial charge is 0.374 e. The first-order chi connectivity index (χ1) is 11.9. The molecule has 2 unspecified atom stereocenters. The number of ether oxygens (including phenoxy) is 1. The SMILES string of the molecule is C=CC(=O)OOC1(C(=O)C=C)CCC[Si](OC)(OC)C1(CCC)OC. The lowest BCUT2D eigenvalue weighted by atomic mass is 9.83. The number of ketones is 1. The van der Waals surface area contributed by atoms with E-state index in [0.29, 0.717) is 25.3 Å². The van der Waals surface area contributed by atoms with Crippen molar-refractivity contribution in [3.05, 3.63) is 25.3 Å². The number of carbonyl (C=O) groups excluding carboxylic acids is 2. The van der Waals surface area contributed by atoms with Crippen LogP contribution in [0.15, 0.2) is 25.3 Å². The van der Waals surface area contributed by atoms with Gasteiger partial charge in [0.15, 0.2) is 11.0 Å². The highest BCUT2D eigenvalue weighted by atomic mass is 28.4. The molecule has 1 saturated heterocycles. The zero-order valence-electron chi connectivity index (χ0n) is 15.5. The molecule has 1 rings (SSSR count). The zero-order valence-corrected chi connectivity index (χ0v) is 16.5. The highest BCUT2D eigenvalue weighted by molar-refractivity contribution is 6.71. The van der Waals surface area contributed by atoms with Gasteiger partial charge in [0.2, 0.25) is 5.60 Å². The van der Waals surface area contributed by atoms with Crippen molar-refractivity contribution < 1.29 is 33.0 Å². The molecule has 0 spiro atoms. The molecule has 0 bridgehead atoms. The largest absolute Gasteiger partial charge is 0.396 e. The summed E-state index contributed by atoms with van der Waals surface area (Å²) in [6.07, 6.45) is 4.11. The third kappa shape index (κ3) is 3.36. The Bertz CT molecular complexity index is 517. The Morgan fingerprint density at radius 2 is 1.80 bits per heavy atom. The summed E-state index contributed by atoms with van der Waals surface area (Å²) in [6.45, 7) is 8.87. The normalized spacial score (nSPS) is 28.2. The van der Waals surface area contributed by atoms with E-state index in [1.54, 1.807) is 14.2 Å². The molecule has 0 aromatic carbocycles. The summed E-state index contributed by atoms with van der Waals surface area (Å²) in [7, 11) is 1.52. The highest BCUT2D eigenvalue weighted by Gasteiger charge is 2.74. The molecule has 0 N–H and O–H groups in total. The van der Waals surface area contributed by atoms with Crippen LogP contribution in [0.4, 0.5) is 0 Å². The lowest BCUT2D eigenvalue weighted by Crippen LogP contribution is -2.78. The van der Waals surface area contributed by atoms with Crippen LogP contribution < -0.4 is 0 Å². The molecule has 0 aromatic rings. The van der Waals surface area contributed by atoms with E-state index < -0.39 is 31.1 Å². The average molecular weight is 372 g/mol. The van der Waals surface area contributed by atoms with Crippen LogP contribution in [-0.4, -0.2) is 52.5 Å². The highest BCUT2D eigenvalue weighted by Crippen LogP contribution is 2.51. The Hall–Kier alpha value is -1.32. The quantitative estimate of drug-likeness (QED) is 0.252. The monoisotopic (exact) mass is 372 g/mol. The van der Waals surface area contributed by atoms with Gasteiger partial charge in [0.1, 0.15) is 0 Å². The predicted octanol–water partition coefficient (Wildman–Crippen LogP) is 2.39. The standard InChI is InChI=1S/C17H28O7Si/c1-7-11-17(20-4)16(14(18)8-2,24-23-15(19)9-3)12-10-13-25(17,21-5)22-6/h8-9H,2-3,7,10-13H2,1,4-6H3. The second-order valence-electron chi connectivity index (χ2n) is 5.88. The van der Waals surface area contributed by atoms with E-state index in [0.717, 1.165) is 12.2 Å². The van der Waals surface area contributed by atoms with Gasteiger partial charge >= 0.3 is 14.5 Å². The van der Waals surface area contributed by atoms with Crippen molar-refractivity contribution in [2.45, 2.75) is 49.5 Å². The summed E-state index contributed by atoms with van der Waals surface area (Å²) in [4.78, 5) is 34.9. The minimum Gasteiger partial charge on any atom is -0.396 e. The van der Waals surface area contributed by atoms with Gasteiger partial charge in [0.05, 0.1) is 0 Å². The maximum atomic E-state index is 12.9. The van der Waals surface area contributed by atoms with Gasteiger partial charge in [-0.3, -0.25) is 9.68 Å². The first kappa shape index (κ1) is 21.7. The molecule has 0 saturated carbocycles. The van der Waals surface area contributed by atoms with E-state index >= 15 is 0 Å². The van der Waals surface area contributed by atoms with Gasteiger partial charge in [-0.25, -0.2) is 4.79 Å². The molecule has 1 aliphatic rings. The van der Waals surface area contributed by atoms with Gasteiger partial charge < -0.3 is 13.6 Å². The molecular weight excluding hydrogens is 344 g/mol. The predicted molar refractivity (Wildman–Crippen MR) is 93.8 cm³/mol. The molecule has 0 aromatic heterocycles. The molecule has 7 nitrogen and oxygen atoms in total. The van der Waals surface area contributed by atoms with Crippen LogP contribution >= 0.6 is 0 Å². The number of carbonyl (C=O) groups is 2. The molecule has 1 heterocycles. The molecule has 1 fully saturated rings. The van der Waals surface area contributed by atoms with Crippen molar-refractivity contribution in [2.24, 2.45) is 0 Å². The summed E-state index contributed by atoms with van der Waals surface area (Å²) < 4.78 is 17.6. The molecule has 1 aliphatic heterocycles. The fourth-order valence-corrected chi connectivity index (χ4v) is 7.98. The number of rotatable bonds is 10. The number of methoxy groups -OCH3 is 1. The van der Waals surface area contributed by atoms with Gasteiger partial charge in [-0.2, -0.15) is 4.89 Å². The van der Waals surface area contributed by atoms with E-state index in [9.17, 15) is 9.59 Å². The fraction of sp³-hybridized carbons (Fsp3) is 0.647. The van der Waals surface area contributed by atoms with Crippen LogP contribution in [-0.2, 0) is 33.0 Å². The second kappa shape index (κ2) is 8.86. The van der Waals surface area contributed by atoms with Gasteiger partial charge in [-0.05, 0) is 31.4 Å². The van der Waals surface area contributed by atoms with Gasteiger partial charge in [-0.15, -0.1) is 0 Å². The van der Waals surface area contributed by atoms with Crippen molar-refractivity contribution in [1.82, 2.24) is 0 Å². The third-order valence-corrected chi connectivity index (χ3v) is 9.35. The van der Waals surface area contributed by atoms with E-state index in [2.05, 4.69) is 13.2 Å². The first-order valence-corrected chi connectivity index (χ1v) is 10.3. The Morgan fingerprint density at radius 3 is 2.24 bits per heavy atom. The molecular formula is C17H28O7Si. The third-order valence-electron chi connectivity index (χ3n) is 4.93. The maximum Gasteiger partial charge on any atom is 0.374 e. The molecule has 8 heteroatoms. The Balaban J connectivity index is 3.61. The molecule has 0 radical (unpaired) electrons.